The van der Waals surface area contributed by atoms with Crippen molar-refractivity contribution in [2.45, 2.75) is 19.8 Å². The van der Waals surface area contributed by atoms with Crippen LogP contribution in [0.4, 0.5) is 10.5 Å². The van der Waals surface area contributed by atoms with E-state index < -0.39 is 11.9 Å². The third kappa shape index (κ3) is 3.42. The Bertz CT molecular complexity index is 533. The highest BCUT2D eigenvalue weighted by molar-refractivity contribution is 6.30. The molecule has 0 bridgehead atoms. The number of aliphatic carboxylic acids is 1. The summed E-state index contributed by atoms with van der Waals surface area (Å²) in [6, 6.07) is 4.96. The third-order valence-electron chi connectivity index (χ3n) is 3.49. The summed E-state index contributed by atoms with van der Waals surface area (Å²) in [4.78, 5) is 24.7. The van der Waals surface area contributed by atoms with Crippen LogP contribution < -0.4 is 5.32 Å². The van der Waals surface area contributed by atoms with Crippen LogP contribution in [-0.4, -0.2) is 35.1 Å². The molecule has 1 aliphatic heterocycles. The Labute approximate surface area is 122 Å². The summed E-state index contributed by atoms with van der Waals surface area (Å²) in [5, 5.41) is 12.4. The quantitative estimate of drug-likeness (QED) is 0.881. The lowest BCUT2D eigenvalue weighted by Gasteiger charge is -2.30. The molecule has 0 aromatic heterocycles. The average Bonchev–Trinajstić information content (AvgIpc) is 2.42. The Morgan fingerprint density at radius 3 is 2.85 bits per heavy atom. The van der Waals surface area contributed by atoms with E-state index in [1.54, 1.807) is 23.1 Å². The van der Waals surface area contributed by atoms with Gasteiger partial charge >= 0.3 is 12.0 Å². The Morgan fingerprint density at radius 1 is 1.45 bits per heavy atom. The molecule has 5 nitrogen and oxygen atoms in total. The second-order valence-corrected chi connectivity index (χ2v) is 5.45. The number of carbonyl (C=O) groups is 2. The van der Waals surface area contributed by atoms with Gasteiger partial charge in [0.2, 0.25) is 0 Å². The van der Waals surface area contributed by atoms with Gasteiger partial charge in [0.15, 0.2) is 0 Å². The fraction of sp³-hybridized carbons (Fsp3) is 0.429. The van der Waals surface area contributed by atoms with Gasteiger partial charge < -0.3 is 15.3 Å². The molecule has 108 valence electrons. The average molecular weight is 297 g/mol. The first kappa shape index (κ1) is 14.7. The summed E-state index contributed by atoms with van der Waals surface area (Å²) in [7, 11) is 0. The van der Waals surface area contributed by atoms with Gasteiger partial charge in [0.05, 0.1) is 5.92 Å². The van der Waals surface area contributed by atoms with E-state index in [0.717, 1.165) is 5.56 Å². The van der Waals surface area contributed by atoms with E-state index in [-0.39, 0.29) is 12.6 Å². The zero-order chi connectivity index (χ0) is 14.7. The summed E-state index contributed by atoms with van der Waals surface area (Å²) in [5.41, 5.74) is 1.56. The number of carboxylic acid groups (broad SMARTS) is 1. The molecule has 1 fully saturated rings. The van der Waals surface area contributed by atoms with E-state index in [1.807, 2.05) is 6.92 Å². The summed E-state index contributed by atoms with van der Waals surface area (Å²) in [6.45, 7) is 2.70. The lowest BCUT2D eigenvalue weighted by atomic mass is 9.99. The fourth-order valence-electron chi connectivity index (χ4n) is 2.32. The first-order valence-corrected chi connectivity index (χ1v) is 6.90. The van der Waals surface area contributed by atoms with E-state index in [2.05, 4.69) is 5.32 Å². The van der Waals surface area contributed by atoms with E-state index in [0.29, 0.717) is 30.1 Å². The van der Waals surface area contributed by atoms with Crippen molar-refractivity contribution in [1.29, 1.82) is 0 Å². The van der Waals surface area contributed by atoms with Gasteiger partial charge in [-0.05, 0) is 43.5 Å². The van der Waals surface area contributed by atoms with Gasteiger partial charge in [0.25, 0.3) is 0 Å². The van der Waals surface area contributed by atoms with Gasteiger partial charge in [-0.15, -0.1) is 0 Å². The number of likely N-dealkylation sites (tertiary alicyclic amines) is 1. The number of benzene rings is 1. The van der Waals surface area contributed by atoms with E-state index in [1.165, 1.54) is 0 Å². The van der Waals surface area contributed by atoms with Crippen molar-refractivity contribution >= 4 is 29.3 Å². The molecule has 1 atom stereocenters. The number of aryl methyl sites for hydroxylation is 1. The van der Waals surface area contributed by atoms with Gasteiger partial charge in [-0.25, -0.2) is 4.79 Å². The number of halogens is 1. The smallest absolute Gasteiger partial charge is 0.321 e. The largest absolute Gasteiger partial charge is 0.481 e. The zero-order valence-electron chi connectivity index (χ0n) is 11.2. The number of urea groups is 1. The van der Waals surface area contributed by atoms with E-state index in [9.17, 15) is 9.59 Å². The number of anilines is 1. The second-order valence-electron chi connectivity index (χ2n) is 5.01. The molecule has 0 spiro atoms. The van der Waals surface area contributed by atoms with Crippen molar-refractivity contribution < 1.29 is 14.7 Å². The number of piperidine rings is 1. The molecule has 0 saturated carbocycles. The van der Waals surface area contributed by atoms with Gasteiger partial charge in [-0.2, -0.15) is 0 Å². The first-order valence-electron chi connectivity index (χ1n) is 6.52. The standard InChI is InChI=1S/C14H17ClN2O3/c1-9-7-11(15)4-5-12(9)16-14(20)17-6-2-3-10(8-17)13(18)19/h4-5,7,10H,2-3,6,8H2,1H3,(H,16,20)(H,18,19). The van der Waals surface area contributed by atoms with Gasteiger partial charge in [-0.3, -0.25) is 4.79 Å². The van der Waals surface area contributed by atoms with Crippen LogP contribution in [0.5, 0.6) is 0 Å². The monoisotopic (exact) mass is 296 g/mol. The molecule has 1 aromatic rings. The van der Waals surface area contributed by atoms with E-state index >= 15 is 0 Å². The molecule has 1 saturated heterocycles. The Balaban J connectivity index is 2.02. The predicted molar refractivity (Wildman–Crippen MR) is 77.1 cm³/mol. The molecule has 20 heavy (non-hydrogen) atoms. The minimum atomic E-state index is -0.842. The van der Waals surface area contributed by atoms with Crippen LogP contribution in [-0.2, 0) is 4.79 Å². The van der Waals surface area contributed by atoms with Crippen LogP contribution >= 0.6 is 11.6 Å². The number of rotatable bonds is 2. The van der Waals surface area contributed by atoms with Crippen molar-refractivity contribution in [3.8, 4) is 0 Å². The molecular weight excluding hydrogens is 280 g/mol. The number of nitrogens with zero attached hydrogens (tertiary/aromatic N) is 1. The molecule has 1 aliphatic rings. The maximum Gasteiger partial charge on any atom is 0.321 e. The summed E-state index contributed by atoms with van der Waals surface area (Å²) >= 11 is 5.87. The van der Waals surface area contributed by atoms with Crippen molar-refractivity contribution in [2.75, 3.05) is 18.4 Å². The Kier molecular flexibility index (Phi) is 4.49. The highest BCUT2D eigenvalue weighted by Crippen LogP contribution is 2.21. The summed E-state index contributed by atoms with van der Waals surface area (Å²) < 4.78 is 0. The maximum absolute atomic E-state index is 12.2. The first-order chi connectivity index (χ1) is 9.47. The Morgan fingerprint density at radius 2 is 2.20 bits per heavy atom. The van der Waals surface area contributed by atoms with Crippen molar-refractivity contribution in [3.05, 3.63) is 28.8 Å². The molecule has 2 amide bonds. The molecule has 6 heteroatoms. The number of amides is 2. The highest BCUT2D eigenvalue weighted by Gasteiger charge is 2.28. The van der Waals surface area contributed by atoms with E-state index in [4.69, 9.17) is 16.7 Å². The molecule has 1 heterocycles. The van der Waals surface area contributed by atoms with Crippen molar-refractivity contribution in [3.63, 3.8) is 0 Å². The molecule has 2 N–H and O–H groups in total. The van der Waals surface area contributed by atoms with Crippen LogP contribution in [0.1, 0.15) is 18.4 Å². The molecule has 1 unspecified atom stereocenters. The molecule has 0 aliphatic carbocycles. The summed E-state index contributed by atoms with van der Waals surface area (Å²) in [6.07, 6.45) is 1.34. The zero-order valence-corrected chi connectivity index (χ0v) is 12.0. The van der Waals surface area contributed by atoms with Crippen LogP contribution in [0.2, 0.25) is 5.02 Å². The number of hydrogen-bond donors (Lipinski definition) is 2. The maximum atomic E-state index is 12.2. The topological polar surface area (TPSA) is 69.6 Å². The number of carboxylic acids is 1. The minimum absolute atomic E-state index is 0.258. The predicted octanol–water partition coefficient (Wildman–Crippen LogP) is 2.98. The molecular formula is C14H17ClN2O3. The number of carbonyl (C=O) groups excluding carboxylic acids is 1. The van der Waals surface area contributed by atoms with Crippen molar-refractivity contribution in [1.82, 2.24) is 4.90 Å². The molecule has 2 rings (SSSR count). The van der Waals surface area contributed by atoms with Crippen LogP contribution in [0.15, 0.2) is 18.2 Å². The summed E-state index contributed by atoms with van der Waals surface area (Å²) in [5.74, 6) is -1.31. The van der Waals surface area contributed by atoms with Crippen LogP contribution in [0.25, 0.3) is 0 Å². The second kappa shape index (κ2) is 6.13. The number of hydrogen-bond acceptors (Lipinski definition) is 2. The van der Waals surface area contributed by atoms with Crippen molar-refractivity contribution in [2.24, 2.45) is 5.92 Å². The highest BCUT2D eigenvalue weighted by atomic mass is 35.5. The van der Waals surface area contributed by atoms with Gasteiger partial charge in [0.1, 0.15) is 0 Å². The SMILES string of the molecule is Cc1cc(Cl)ccc1NC(=O)N1CCCC(C(=O)O)C1. The molecule has 0 radical (unpaired) electrons. The van der Waals surface area contributed by atoms with Gasteiger partial charge in [-0.1, -0.05) is 11.6 Å². The fourth-order valence-corrected chi connectivity index (χ4v) is 2.55. The Hall–Kier alpha value is -1.75. The lowest BCUT2D eigenvalue weighted by Crippen LogP contribution is -2.44. The minimum Gasteiger partial charge on any atom is -0.481 e. The van der Waals surface area contributed by atoms with Gasteiger partial charge in [0, 0.05) is 23.8 Å². The third-order valence-corrected chi connectivity index (χ3v) is 3.72. The lowest BCUT2D eigenvalue weighted by molar-refractivity contribution is -0.143. The van der Waals surface area contributed by atoms with Crippen LogP contribution in [0.3, 0.4) is 0 Å². The molecule has 1 aromatic carbocycles. The number of nitrogens with one attached hydrogen (secondary N) is 1. The van der Waals surface area contributed by atoms with Crippen LogP contribution in [0, 0.1) is 12.8 Å². The normalized spacial score (nSPS) is 18.7.